The molecule has 0 aliphatic carbocycles. The van der Waals surface area contributed by atoms with E-state index in [2.05, 4.69) is 34.1 Å². The van der Waals surface area contributed by atoms with Crippen LogP contribution in [0.5, 0.6) is 0 Å². The van der Waals surface area contributed by atoms with E-state index < -0.39 is 0 Å². The van der Waals surface area contributed by atoms with Crippen LogP contribution < -0.4 is 0 Å². The zero-order valence-corrected chi connectivity index (χ0v) is 11.0. The standard InChI is InChI=1S/C13H16BrNO/c1-2-13(16)15-7-6-11(9-15)10-4-3-5-12(14)8-10/h3-5,8,11H,2,6-7,9H2,1H3. The highest BCUT2D eigenvalue weighted by molar-refractivity contribution is 9.10. The van der Waals surface area contributed by atoms with Gasteiger partial charge in [-0.3, -0.25) is 4.79 Å². The molecule has 0 spiro atoms. The van der Waals surface area contributed by atoms with Gasteiger partial charge in [0.15, 0.2) is 0 Å². The lowest BCUT2D eigenvalue weighted by molar-refractivity contribution is -0.129. The van der Waals surface area contributed by atoms with Crippen LogP contribution in [0, 0.1) is 0 Å². The van der Waals surface area contributed by atoms with Crippen molar-refractivity contribution in [2.45, 2.75) is 25.7 Å². The Morgan fingerprint density at radius 2 is 2.38 bits per heavy atom. The first kappa shape index (κ1) is 11.6. The van der Waals surface area contributed by atoms with E-state index in [1.54, 1.807) is 0 Å². The molecule has 1 heterocycles. The van der Waals surface area contributed by atoms with Crippen molar-refractivity contribution in [3.05, 3.63) is 34.3 Å². The van der Waals surface area contributed by atoms with E-state index in [1.165, 1.54) is 5.56 Å². The van der Waals surface area contributed by atoms with Crippen LogP contribution in [-0.4, -0.2) is 23.9 Å². The van der Waals surface area contributed by atoms with Gasteiger partial charge in [-0.2, -0.15) is 0 Å². The molecule has 0 radical (unpaired) electrons. The third-order valence-corrected chi connectivity index (χ3v) is 3.66. The van der Waals surface area contributed by atoms with Crippen molar-refractivity contribution < 1.29 is 4.79 Å². The highest BCUT2D eigenvalue weighted by atomic mass is 79.9. The highest BCUT2D eigenvalue weighted by Crippen LogP contribution is 2.28. The maximum atomic E-state index is 11.6. The summed E-state index contributed by atoms with van der Waals surface area (Å²) >= 11 is 3.49. The average Bonchev–Trinajstić information content (AvgIpc) is 2.77. The Hall–Kier alpha value is -0.830. The number of likely N-dealkylation sites (tertiary alicyclic amines) is 1. The molecule has 3 heteroatoms. The first-order chi connectivity index (χ1) is 7.70. The lowest BCUT2D eigenvalue weighted by Crippen LogP contribution is -2.27. The van der Waals surface area contributed by atoms with Gasteiger partial charge >= 0.3 is 0 Å². The van der Waals surface area contributed by atoms with E-state index in [9.17, 15) is 4.79 Å². The molecule has 1 fully saturated rings. The number of hydrogen-bond donors (Lipinski definition) is 0. The van der Waals surface area contributed by atoms with E-state index in [0.29, 0.717) is 12.3 Å². The molecular formula is C13H16BrNO. The number of nitrogens with zero attached hydrogens (tertiary/aromatic N) is 1. The molecule has 1 amide bonds. The molecule has 1 unspecified atom stereocenters. The van der Waals surface area contributed by atoms with Gasteiger partial charge in [0.05, 0.1) is 0 Å². The predicted octanol–water partition coefficient (Wildman–Crippen LogP) is 3.18. The van der Waals surface area contributed by atoms with E-state index in [0.717, 1.165) is 24.0 Å². The minimum atomic E-state index is 0.275. The van der Waals surface area contributed by atoms with E-state index in [-0.39, 0.29) is 5.91 Å². The maximum Gasteiger partial charge on any atom is 0.222 e. The smallest absolute Gasteiger partial charge is 0.222 e. The first-order valence-corrected chi connectivity index (χ1v) is 6.53. The summed E-state index contributed by atoms with van der Waals surface area (Å²) in [5.74, 6) is 0.783. The van der Waals surface area contributed by atoms with Gasteiger partial charge in [0.2, 0.25) is 5.91 Å². The summed E-state index contributed by atoms with van der Waals surface area (Å²) < 4.78 is 1.12. The van der Waals surface area contributed by atoms with Crippen LogP contribution in [-0.2, 0) is 4.79 Å². The van der Waals surface area contributed by atoms with Gasteiger partial charge in [0.1, 0.15) is 0 Å². The summed E-state index contributed by atoms with van der Waals surface area (Å²) in [5, 5.41) is 0. The molecule has 0 N–H and O–H groups in total. The second-order valence-electron chi connectivity index (χ2n) is 4.23. The second kappa shape index (κ2) is 5.00. The second-order valence-corrected chi connectivity index (χ2v) is 5.15. The van der Waals surface area contributed by atoms with Crippen molar-refractivity contribution in [3.63, 3.8) is 0 Å². The van der Waals surface area contributed by atoms with Crippen LogP contribution in [0.2, 0.25) is 0 Å². The first-order valence-electron chi connectivity index (χ1n) is 5.74. The summed E-state index contributed by atoms with van der Waals surface area (Å²) in [6, 6.07) is 8.40. The SMILES string of the molecule is CCC(=O)N1CCC(c2cccc(Br)c2)C1. The minimum Gasteiger partial charge on any atom is -0.342 e. The molecule has 1 atom stereocenters. The van der Waals surface area contributed by atoms with Crippen LogP contribution >= 0.6 is 15.9 Å². The van der Waals surface area contributed by atoms with Crippen LogP contribution in [0.15, 0.2) is 28.7 Å². The molecule has 1 saturated heterocycles. The van der Waals surface area contributed by atoms with Crippen LogP contribution in [0.3, 0.4) is 0 Å². The summed E-state index contributed by atoms with van der Waals surface area (Å²) in [5.41, 5.74) is 1.33. The number of carbonyl (C=O) groups excluding carboxylic acids is 1. The zero-order chi connectivity index (χ0) is 11.5. The van der Waals surface area contributed by atoms with Crippen molar-refractivity contribution in [1.82, 2.24) is 4.90 Å². The van der Waals surface area contributed by atoms with Gasteiger partial charge in [-0.15, -0.1) is 0 Å². The largest absolute Gasteiger partial charge is 0.342 e. The van der Waals surface area contributed by atoms with Crippen molar-refractivity contribution in [2.24, 2.45) is 0 Å². The molecule has 16 heavy (non-hydrogen) atoms. The molecule has 0 saturated carbocycles. The third kappa shape index (κ3) is 2.46. The van der Waals surface area contributed by atoms with Crippen LogP contribution in [0.4, 0.5) is 0 Å². The minimum absolute atomic E-state index is 0.275. The number of carbonyl (C=O) groups is 1. The average molecular weight is 282 g/mol. The Morgan fingerprint density at radius 1 is 1.56 bits per heavy atom. The summed E-state index contributed by atoms with van der Waals surface area (Å²) in [7, 11) is 0. The summed E-state index contributed by atoms with van der Waals surface area (Å²) in [6.45, 7) is 3.71. The lowest BCUT2D eigenvalue weighted by atomic mass is 9.99. The number of benzene rings is 1. The molecule has 1 aromatic carbocycles. The summed E-state index contributed by atoms with van der Waals surface area (Å²) in [4.78, 5) is 13.6. The number of rotatable bonds is 2. The molecule has 2 nitrogen and oxygen atoms in total. The molecule has 1 aromatic rings. The topological polar surface area (TPSA) is 20.3 Å². The molecule has 1 aliphatic rings. The third-order valence-electron chi connectivity index (χ3n) is 3.16. The van der Waals surface area contributed by atoms with Crippen LogP contribution in [0.1, 0.15) is 31.2 Å². The Labute approximate surface area is 105 Å². The Kier molecular flexibility index (Phi) is 3.64. The molecule has 0 bridgehead atoms. The number of amides is 1. The maximum absolute atomic E-state index is 11.6. The Bertz CT molecular complexity index is 391. The van der Waals surface area contributed by atoms with Crippen LogP contribution in [0.25, 0.3) is 0 Å². The van der Waals surface area contributed by atoms with Crippen molar-refractivity contribution >= 4 is 21.8 Å². The fraction of sp³-hybridized carbons (Fsp3) is 0.462. The number of halogens is 1. The fourth-order valence-corrected chi connectivity index (χ4v) is 2.66. The van der Waals surface area contributed by atoms with Gasteiger partial charge in [-0.25, -0.2) is 0 Å². The molecule has 86 valence electrons. The van der Waals surface area contributed by atoms with E-state index in [1.807, 2.05) is 17.9 Å². The molecule has 0 aromatic heterocycles. The quantitative estimate of drug-likeness (QED) is 0.816. The van der Waals surface area contributed by atoms with E-state index in [4.69, 9.17) is 0 Å². The van der Waals surface area contributed by atoms with Crippen molar-refractivity contribution in [2.75, 3.05) is 13.1 Å². The van der Waals surface area contributed by atoms with Gasteiger partial charge in [-0.1, -0.05) is 35.0 Å². The zero-order valence-electron chi connectivity index (χ0n) is 9.45. The lowest BCUT2D eigenvalue weighted by Gasteiger charge is -2.15. The van der Waals surface area contributed by atoms with E-state index >= 15 is 0 Å². The van der Waals surface area contributed by atoms with Gasteiger partial charge < -0.3 is 4.90 Å². The van der Waals surface area contributed by atoms with Gasteiger partial charge in [-0.05, 0) is 24.1 Å². The van der Waals surface area contributed by atoms with Gasteiger partial charge in [0, 0.05) is 29.9 Å². The highest BCUT2D eigenvalue weighted by Gasteiger charge is 2.26. The Morgan fingerprint density at radius 3 is 3.06 bits per heavy atom. The predicted molar refractivity (Wildman–Crippen MR) is 68.4 cm³/mol. The molecule has 1 aliphatic heterocycles. The van der Waals surface area contributed by atoms with Gasteiger partial charge in [0.25, 0.3) is 0 Å². The normalized spacial score (nSPS) is 20.1. The molecular weight excluding hydrogens is 266 g/mol. The fourth-order valence-electron chi connectivity index (χ4n) is 2.24. The summed E-state index contributed by atoms with van der Waals surface area (Å²) in [6.07, 6.45) is 1.70. The Balaban J connectivity index is 2.06. The number of hydrogen-bond acceptors (Lipinski definition) is 1. The molecule has 2 rings (SSSR count). The van der Waals surface area contributed by atoms with Crippen molar-refractivity contribution in [1.29, 1.82) is 0 Å². The van der Waals surface area contributed by atoms with Crippen molar-refractivity contribution in [3.8, 4) is 0 Å². The monoisotopic (exact) mass is 281 g/mol.